The Labute approximate surface area is 159 Å². The summed E-state index contributed by atoms with van der Waals surface area (Å²) in [6.45, 7) is 6.47. The van der Waals surface area contributed by atoms with Gasteiger partial charge in [0.15, 0.2) is 5.96 Å². The van der Waals surface area contributed by atoms with E-state index in [0.29, 0.717) is 12.3 Å². The van der Waals surface area contributed by atoms with Crippen LogP contribution in [0.4, 0.5) is 0 Å². The van der Waals surface area contributed by atoms with Crippen LogP contribution in [0.1, 0.15) is 22.2 Å². The Balaban J connectivity index is 0.00000264. The Hall–Kier alpha value is -1.28. The number of guanidine groups is 1. The highest BCUT2D eigenvalue weighted by Crippen LogP contribution is 2.15. The van der Waals surface area contributed by atoms with Crippen molar-refractivity contribution >= 4 is 41.3 Å². The van der Waals surface area contributed by atoms with Gasteiger partial charge >= 0.3 is 0 Å². The van der Waals surface area contributed by atoms with Gasteiger partial charge in [-0.15, -0.1) is 35.3 Å². The SMILES string of the molecule is CCNC(=NCc1ccc(C)s1)NCCc1cccc(O)c1.I. The number of nitrogens with zero attached hydrogens (tertiary/aromatic N) is 1. The summed E-state index contributed by atoms with van der Waals surface area (Å²) in [7, 11) is 0. The molecule has 1 aromatic carbocycles. The van der Waals surface area contributed by atoms with E-state index in [0.717, 1.165) is 31.0 Å². The maximum atomic E-state index is 9.46. The maximum Gasteiger partial charge on any atom is 0.191 e. The molecule has 0 aliphatic carbocycles. The second-order valence-electron chi connectivity index (χ2n) is 5.05. The lowest BCUT2D eigenvalue weighted by atomic mass is 10.1. The van der Waals surface area contributed by atoms with Crippen LogP contribution in [0, 0.1) is 6.92 Å². The molecule has 0 atom stereocenters. The molecule has 0 fully saturated rings. The fourth-order valence-electron chi connectivity index (χ4n) is 2.11. The molecule has 3 N–H and O–H groups in total. The highest BCUT2D eigenvalue weighted by Gasteiger charge is 2.00. The Morgan fingerprint density at radius 1 is 1.22 bits per heavy atom. The Bertz CT molecular complexity index is 628. The van der Waals surface area contributed by atoms with Gasteiger partial charge in [0.2, 0.25) is 0 Å². The number of halogens is 1. The van der Waals surface area contributed by atoms with Crippen LogP contribution in [-0.2, 0) is 13.0 Å². The third kappa shape index (κ3) is 7.22. The minimum absolute atomic E-state index is 0. The minimum Gasteiger partial charge on any atom is -0.508 e. The van der Waals surface area contributed by atoms with Crippen LogP contribution in [-0.4, -0.2) is 24.2 Å². The first-order valence-electron chi connectivity index (χ1n) is 7.53. The molecule has 1 aromatic heterocycles. The van der Waals surface area contributed by atoms with Crippen molar-refractivity contribution in [2.75, 3.05) is 13.1 Å². The number of phenolic OH excluding ortho intramolecular Hbond substituents is 1. The molecule has 6 heteroatoms. The highest BCUT2D eigenvalue weighted by molar-refractivity contribution is 14.0. The molecule has 1 heterocycles. The quantitative estimate of drug-likeness (QED) is 0.361. The Morgan fingerprint density at radius 3 is 2.70 bits per heavy atom. The summed E-state index contributed by atoms with van der Waals surface area (Å²) in [6, 6.07) is 11.6. The van der Waals surface area contributed by atoms with Gasteiger partial charge in [-0.1, -0.05) is 12.1 Å². The van der Waals surface area contributed by atoms with Gasteiger partial charge in [0.25, 0.3) is 0 Å². The normalized spacial score (nSPS) is 11.0. The van der Waals surface area contributed by atoms with Crippen LogP contribution in [0.15, 0.2) is 41.4 Å². The third-order valence-electron chi connectivity index (χ3n) is 3.15. The summed E-state index contributed by atoms with van der Waals surface area (Å²) < 4.78 is 0. The molecular weight excluding hydrogens is 421 g/mol. The molecule has 0 radical (unpaired) electrons. The molecule has 0 spiro atoms. The summed E-state index contributed by atoms with van der Waals surface area (Å²) in [5, 5.41) is 16.0. The van der Waals surface area contributed by atoms with E-state index in [2.05, 4.69) is 41.6 Å². The molecule has 4 nitrogen and oxygen atoms in total. The zero-order valence-corrected chi connectivity index (χ0v) is 16.7. The van der Waals surface area contributed by atoms with Crippen molar-refractivity contribution in [3.8, 4) is 5.75 Å². The van der Waals surface area contributed by atoms with E-state index < -0.39 is 0 Å². The van der Waals surface area contributed by atoms with Crippen molar-refractivity contribution in [2.45, 2.75) is 26.8 Å². The molecule has 0 saturated carbocycles. The van der Waals surface area contributed by atoms with Gasteiger partial charge in [-0.05, 0) is 50.1 Å². The van der Waals surface area contributed by atoms with E-state index in [1.165, 1.54) is 9.75 Å². The second kappa shape index (κ2) is 10.5. The van der Waals surface area contributed by atoms with Gasteiger partial charge in [0, 0.05) is 22.8 Å². The van der Waals surface area contributed by atoms with E-state index in [9.17, 15) is 5.11 Å². The number of hydrogen-bond acceptors (Lipinski definition) is 3. The molecule has 0 unspecified atom stereocenters. The minimum atomic E-state index is 0. The van der Waals surface area contributed by atoms with Gasteiger partial charge in [-0.2, -0.15) is 0 Å². The third-order valence-corrected chi connectivity index (χ3v) is 4.14. The van der Waals surface area contributed by atoms with Crippen molar-refractivity contribution in [1.82, 2.24) is 10.6 Å². The topological polar surface area (TPSA) is 56.7 Å². The van der Waals surface area contributed by atoms with E-state index in [1.54, 1.807) is 23.5 Å². The van der Waals surface area contributed by atoms with Crippen molar-refractivity contribution in [3.63, 3.8) is 0 Å². The first kappa shape index (κ1) is 19.8. The molecule has 0 saturated heterocycles. The monoisotopic (exact) mass is 445 g/mol. The van der Waals surface area contributed by atoms with Crippen molar-refractivity contribution in [2.24, 2.45) is 4.99 Å². The molecule has 0 aliphatic rings. The lowest BCUT2D eigenvalue weighted by molar-refractivity contribution is 0.474. The predicted molar refractivity (Wildman–Crippen MR) is 109 cm³/mol. The van der Waals surface area contributed by atoms with Crippen LogP contribution in [0.2, 0.25) is 0 Å². The van der Waals surface area contributed by atoms with E-state index in [1.807, 2.05) is 12.1 Å². The number of benzene rings is 1. The number of aliphatic imine (C=N–C) groups is 1. The fraction of sp³-hybridized carbons (Fsp3) is 0.353. The number of phenols is 1. The maximum absolute atomic E-state index is 9.46. The summed E-state index contributed by atoms with van der Waals surface area (Å²) >= 11 is 1.78. The van der Waals surface area contributed by atoms with Gasteiger partial charge in [0.1, 0.15) is 5.75 Å². The molecule has 0 bridgehead atoms. The molecule has 2 aromatic rings. The first-order valence-corrected chi connectivity index (χ1v) is 8.34. The van der Waals surface area contributed by atoms with Crippen molar-refractivity contribution in [3.05, 3.63) is 51.7 Å². The summed E-state index contributed by atoms with van der Waals surface area (Å²) in [6.07, 6.45) is 0.844. The zero-order chi connectivity index (χ0) is 15.8. The van der Waals surface area contributed by atoms with E-state index >= 15 is 0 Å². The number of aromatic hydroxyl groups is 1. The molecule has 0 amide bonds. The fourth-order valence-corrected chi connectivity index (χ4v) is 2.92. The lowest BCUT2D eigenvalue weighted by Gasteiger charge is -2.11. The van der Waals surface area contributed by atoms with Crippen molar-refractivity contribution in [1.29, 1.82) is 0 Å². The van der Waals surface area contributed by atoms with Gasteiger partial charge in [0.05, 0.1) is 6.54 Å². The van der Waals surface area contributed by atoms with Crippen molar-refractivity contribution < 1.29 is 5.11 Å². The van der Waals surface area contributed by atoms with Crippen LogP contribution in [0.5, 0.6) is 5.75 Å². The number of aryl methyl sites for hydroxylation is 1. The predicted octanol–water partition coefficient (Wildman–Crippen LogP) is 3.68. The Kier molecular flexibility index (Phi) is 9.01. The first-order chi connectivity index (χ1) is 10.7. The molecule has 0 aliphatic heterocycles. The van der Waals surface area contributed by atoms with Gasteiger partial charge < -0.3 is 15.7 Å². The second-order valence-corrected chi connectivity index (χ2v) is 6.43. The number of thiophene rings is 1. The average molecular weight is 445 g/mol. The summed E-state index contributed by atoms with van der Waals surface area (Å²) in [5.41, 5.74) is 1.11. The van der Waals surface area contributed by atoms with Crippen LogP contribution >= 0.6 is 35.3 Å². The smallest absolute Gasteiger partial charge is 0.191 e. The van der Waals surface area contributed by atoms with Gasteiger partial charge in [-0.25, -0.2) is 4.99 Å². The summed E-state index contributed by atoms with van der Waals surface area (Å²) in [4.78, 5) is 7.18. The molecular formula is C17H24IN3OS. The number of hydrogen-bond donors (Lipinski definition) is 3. The zero-order valence-electron chi connectivity index (χ0n) is 13.5. The van der Waals surface area contributed by atoms with Gasteiger partial charge in [-0.3, -0.25) is 0 Å². The molecule has 126 valence electrons. The lowest BCUT2D eigenvalue weighted by Crippen LogP contribution is -2.38. The Morgan fingerprint density at radius 2 is 2.04 bits per heavy atom. The van der Waals surface area contributed by atoms with Crippen LogP contribution in [0.3, 0.4) is 0 Å². The average Bonchev–Trinajstić information content (AvgIpc) is 2.90. The molecule has 2 rings (SSSR count). The van der Waals surface area contributed by atoms with E-state index in [4.69, 9.17) is 0 Å². The van der Waals surface area contributed by atoms with E-state index in [-0.39, 0.29) is 24.0 Å². The largest absolute Gasteiger partial charge is 0.508 e. The summed E-state index contributed by atoms with van der Waals surface area (Å²) in [5.74, 6) is 1.14. The molecule has 23 heavy (non-hydrogen) atoms. The number of nitrogens with one attached hydrogen (secondary N) is 2. The highest BCUT2D eigenvalue weighted by atomic mass is 127. The number of rotatable bonds is 6. The van der Waals surface area contributed by atoms with Crippen LogP contribution < -0.4 is 10.6 Å². The standard InChI is InChI=1S/C17H23N3OS.HI/c1-3-18-17(20-12-16-8-7-13(2)22-16)19-10-9-14-5-4-6-15(21)11-14;/h4-8,11,21H,3,9-10,12H2,1-2H3,(H2,18,19,20);1H. The van der Waals surface area contributed by atoms with Crippen LogP contribution in [0.25, 0.3) is 0 Å².